The Labute approximate surface area is 206 Å². The van der Waals surface area contributed by atoms with Crippen LogP contribution in [0.5, 0.6) is 5.75 Å². The molecule has 0 saturated carbocycles. The second-order valence-electron chi connectivity index (χ2n) is 6.93. The normalized spacial score (nSPS) is 11.9. The fraction of sp³-hybridized carbons (Fsp3) is 0.318. The molecule has 170 valence electrons. The van der Waals surface area contributed by atoms with Crippen molar-refractivity contribution < 1.29 is 9.53 Å². The molecule has 3 aromatic rings. The number of rotatable bonds is 9. The average Bonchev–Trinajstić information content (AvgIpc) is 3.19. The summed E-state index contributed by atoms with van der Waals surface area (Å²) in [7, 11) is 0. The topological polar surface area (TPSA) is 69.0 Å². The van der Waals surface area contributed by atoms with E-state index in [1.807, 2.05) is 42.7 Å². The maximum Gasteiger partial charge on any atom is 0.234 e. The summed E-state index contributed by atoms with van der Waals surface area (Å²) in [5.74, 6) is 1.35. The van der Waals surface area contributed by atoms with Gasteiger partial charge in [0.15, 0.2) is 17.1 Å². The lowest BCUT2D eigenvalue weighted by Gasteiger charge is -2.16. The van der Waals surface area contributed by atoms with Crippen molar-refractivity contribution in [2.75, 3.05) is 11.1 Å². The molecule has 0 spiro atoms. The number of nitrogens with one attached hydrogen (secondary N) is 1. The monoisotopic (exact) mass is 512 g/mol. The summed E-state index contributed by atoms with van der Waals surface area (Å²) < 4.78 is 7.98. The molecule has 2 aromatic carbocycles. The first-order chi connectivity index (χ1) is 15.3. The van der Waals surface area contributed by atoms with E-state index in [0.717, 1.165) is 12.2 Å². The van der Waals surface area contributed by atoms with Crippen LogP contribution in [0, 0.1) is 0 Å². The van der Waals surface area contributed by atoms with Crippen LogP contribution in [0.25, 0.3) is 0 Å². The van der Waals surface area contributed by atoms with Crippen LogP contribution in [-0.4, -0.2) is 26.4 Å². The molecule has 1 N–H and O–H groups in total. The number of carbonyl (C=O) groups is 1. The third-order valence-corrected chi connectivity index (χ3v) is 6.69. The summed E-state index contributed by atoms with van der Waals surface area (Å²) in [6.07, 6.45) is 0.680. The van der Waals surface area contributed by atoms with Crippen molar-refractivity contribution in [1.29, 1.82) is 0 Å². The van der Waals surface area contributed by atoms with Crippen LogP contribution in [0.2, 0.25) is 15.1 Å². The van der Waals surface area contributed by atoms with Gasteiger partial charge in [-0.05, 0) is 50.1 Å². The number of thioether (sulfide) groups is 1. The number of halogens is 3. The number of carbonyl (C=O) groups excluding carboxylic acids is 1. The number of anilines is 1. The fourth-order valence-electron chi connectivity index (χ4n) is 3.00. The molecule has 3 rings (SSSR count). The first-order valence-electron chi connectivity index (χ1n) is 10.1. The first kappa shape index (κ1) is 24.7. The van der Waals surface area contributed by atoms with Crippen molar-refractivity contribution in [3.8, 4) is 5.75 Å². The average molecular weight is 514 g/mol. The van der Waals surface area contributed by atoms with Gasteiger partial charge in [0.1, 0.15) is 5.75 Å². The van der Waals surface area contributed by atoms with E-state index in [2.05, 4.69) is 22.4 Å². The lowest BCUT2D eigenvalue weighted by atomic mass is 10.2. The molecule has 10 heteroatoms. The van der Waals surface area contributed by atoms with E-state index >= 15 is 0 Å². The quantitative estimate of drug-likeness (QED) is 0.255. The summed E-state index contributed by atoms with van der Waals surface area (Å²) in [5.41, 5.74) is 1.65. The van der Waals surface area contributed by atoms with Crippen molar-refractivity contribution in [3.63, 3.8) is 0 Å². The highest BCUT2D eigenvalue weighted by molar-refractivity contribution is 7.99. The number of benzene rings is 2. The van der Waals surface area contributed by atoms with Gasteiger partial charge in [-0.2, -0.15) is 0 Å². The molecule has 32 heavy (non-hydrogen) atoms. The molecule has 0 bridgehead atoms. The third kappa shape index (κ3) is 6.10. The van der Waals surface area contributed by atoms with Crippen molar-refractivity contribution in [1.82, 2.24) is 14.8 Å². The van der Waals surface area contributed by atoms with Crippen LogP contribution in [0.3, 0.4) is 0 Å². The Bertz CT molecular complexity index is 1090. The Morgan fingerprint density at radius 1 is 1.09 bits per heavy atom. The SMILES string of the molecule is CCc1ccc(O[C@H](C)c2nnc(SCC(=O)Nc3cc(Cl)c(Cl)cc3Cl)n2CC)cc1. The van der Waals surface area contributed by atoms with E-state index in [1.165, 1.54) is 29.5 Å². The summed E-state index contributed by atoms with van der Waals surface area (Å²) in [4.78, 5) is 12.4. The van der Waals surface area contributed by atoms with E-state index in [1.54, 1.807) is 0 Å². The first-order valence-corrected chi connectivity index (χ1v) is 12.2. The van der Waals surface area contributed by atoms with Crippen LogP contribution in [-0.2, 0) is 17.8 Å². The van der Waals surface area contributed by atoms with Gasteiger partial charge in [-0.1, -0.05) is 65.6 Å². The molecular weight excluding hydrogens is 491 g/mol. The smallest absolute Gasteiger partial charge is 0.234 e. The maximum absolute atomic E-state index is 12.4. The molecule has 0 aliphatic carbocycles. The molecule has 0 fully saturated rings. The molecule has 1 atom stereocenters. The zero-order valence-electron chi connectivity index (χ0n) is 17.9. The number of hydrogen-bond acceptors (Lipinski definition) is 5. The zero-order valence-corrected chi connectivity index (χ0v) is 20.9. The predicted octanol–water partition coefficient (Wildman–Crippen LogP) is 6.69. The summed E-state index contributed by atoms with van der Waals surface area (Å²) >= 11 is 19.3. The summed E-state index contributed by atoms with van der Waals surface area (Å²) in [5, 5.41) is 12.9. The van der Waals surface area contributed by atoms with Crippen LogP contribution in [0.15, 0.2) is 41.6 Å². The summed E-state index contributed by atoms with van der Waals surface area (Å²) in [6, 6.07) is 11.0. The molecular formula is C22H23Cl3N4O2S. The molecule has 0 unspecified atom stereocenters. The van der Waals surface area contributed by atoms with Crippen molar-refractivity contribution in [2.45, 2.75) is 45.0 Å². The lowest BCUT2D eigenvalue weighted by molar-refractivity contribution is -0.113. The molecule has 1 heterocycles. The van der Waals surface area contributed by atoms with Crippen molar-refractivity contribution in [3.05, 3.63) is 62.9 Å². The van der Waals surface area contributed by atoms with Crippen molar-refractivity contribution >= 4 is 58.2 Å². The minimum Gasteiger partial charge on any atom is -0.483 e. The molecule has 1 amide bonds. The standard InChI is InChI=1S/C22H23Cl3N4O2S/c1-4-14-6-8-15(9-7-14)31-13(3)21-27-28-22(29(21)5-2)32-12-20(30)26-19-11-17(24)16(23)10-18(19)25/h6-11,13H,4-5,12H2,1-3H3,(H,26,30)/t13-/m1/s1. The second kappa shape index (κ2) is 11.3. The van der Waals surface area contributed by atoms with Gasteiger partial charge in [0.05, 0.1) is 26.5 Å². The number of nitrogens with zero attached hydrogens (tertiary/aromatic N) is 3. The van der Waals surface area contributed by atoms with Crippen molar-refractivity contribution in [2.24, 2.45) is 0 Å². The van der Waals surface area contributed by atoms with E-state index < -0.39 is 0 Å². The van der Waals surface area contributed by atoms with E-state index in [0.29, 0.717) is 38.3 Å². The van der Waals surface area contributed by atoms with E-state index in [9.17, 15) is 4.79 Å². The van der Waals surface area contributed by atoms with Gasteiger partial charge in [0.2, 0.25) is 5.91 Å². The Morgan fingerprint density at radius 2 is 1.78 bits per heavy atom. The highest BCUT2D eigenvalue weighted by atomic mass is 35.5. The fourth-order valence-corrected chi connectivity index (χ4v) is 4.40. The lowest BCUT2D eigenvalue weighted by Crippen LogP contribution is -2.15. The Morgan fingerprint density at radius 3 is 2.44 bits per heavy atom. The largest absolute Gasteiger partial charge is 0.483 e. The Balaban J connectivity index is 1.64. The van der Waals surface area contributed by atoms with Gasteiger partial charge in [-0.25, -0.2) is 0 Å². The van der Waals surface area contributed by atoms with Gasteiger partial charge < -0.3 is 14.6 Å². The van der Waals surface area contributed by atoms with Crippen LogP contribution >= 0.6 is 46.6 Å². The predicted molar refractivity (Wildman–Crippen MR) is 131 cm³/mol. The van der Waals surface area contributed by atoms with E-state index in [4.69, 9.17) is 39.5 Å². The minimum absolute atomic E-state index is 0.127. The number of aromatic nitrogens is 3. The third-order valence-electron chi connectivity index (χ3n) is 4.69. The molecule has 6 nitrogen and oxygen atoms in total. The summed E-state index contributed by atoms with van der Waals surface area (Å²) in [6.45, 7) is 6.68. The molecule has 0 aliphatic heterocycles. The molecule has 0 saturated heterocycles. The number of aryl methyl sites for hydroxylation is 1. The highest BCUT2D eigenvalue weighted by Crippen LogP contribution is 2.32. The Hall–Kier alpha value is -1.93. The van der Waals surface area contributed by atoms with Gasteiger partial charge in [-0.15, -0.1) is 10.2 Å². The van der Waals surface area contributed by atoms with Crippen LogP contribution in [0.4, 0.5) is 5.69 Å². The van der Waals surface area contributed by atoms with Gasteiger partial charge in [0.25, 0.3) is 0 Å². The second-order valence-corrected chi connectivity index (χ2v) is 9.09. The zero-order chi connectivity index (χ0) is 23.3. The number of amides is 1. The maximum atomic E-state index is 12.4. The van der Waals surface area contributed by atoms with Gasteiger partial charge in [0, 0.05) is 6.54 Å². The number of ether oxygens (including phenoxy) is 1. The number of hydrogen-bond donors (Lipinski definition) is 1. The minimum atomic E-state index is -0.298. The van der Waals surface area contributed by atoms with E-state index in [-0.39, 0.29) is 17.8 Å². The Kier molecular flexibility index (Phi) is 8.71. The molecule has 1 aromatic heterocycles. The molecule has 0 aliphatic rings. The van der Waals surface area contributed by atoms with Gasteiger partial charge >= 0.3 is 0 Å². The van der Waals surface area contributed by atoms with Gasteiger partial charge in [-0.3, -0.25) is 4.79 Å². The highest BCUT2D eigenvalue weighted by Gasteiger charge is 2.20. The van der Waals surface area contributed by atoms with Crippen LogP contribution < -0.4 is 10.1 Å². The molecule has 0 radical (unpaired) electrons. The van der Waals surface area contributed by atoms with Crippen LogP contribution in [0.1, 0.15) is 38.3 Å².